The first-order valence-corrected chi connectivity index (χ1v) is 16.8. The van der Waals surface area contributed by atoms with E-state index in [9.17, 15) is 0 Å². The van der Waals surface area contributed by atoms with E-state index in [-0.39, 0.29) is 0 Å². The molecule has 0 unspecified atom stereocenters. The summed E-state index contributed by atoms with van der Waals surface area (Å²) >= 11 is 0. The molecule has 4 nitrogen and oxygen atoms in total. The van der Waals surface area contributed by atoms with Crippen LogP contribution in [0.25, 0.3) is 76.9 Å². The molecule has 1 aliphatic heterocycles. The molecule has 4 heteroatoms. The van der Waals surface area contributed by atoms with Crippen molar-refractivity contribution >= 4 is 71.7 Å². The summed E-state index contributed by atoms with van der Waals surface area (Å²) in [7, 11) is 0. The summed E-state index contributed by atoms with van der Waals surface area (Å²) in [5.74, 6) is 1.78. The van der Waals surface area contributed by atoms with Crippen LogP contribution in [0.3, 0.4) is 0 Å². The van der Waals surface area contributed by atoms with E-state index in [2.05, 4.69) is 132 Å². The van der Waals surface area contributed by atoms with E-state index >= 15 is 0 Å². The van der Waals surface area contributed by atoms with E-state index < -0.39 is 0 Å². The molecule has 0 radical (unpaired) electrons. The number of fused-ring (bicyclic) bond motifs is 8. The molecule has 0 fully saturated rings. The number of rotatable bonds is 4. The van der Waals surface area contributed by atoms with Crippen LogP contribution in [0.4, 0.5) is 17.1 Å². The maximum atomic E-state index is 6.60. The molecule has 50 heavy (non-hydrogen) atoms. The molecule has 0 N–H and O–H groups in total. The van der Waals surface area contributed by atoms with Gasteiger partial charge in [-0.1, -0.05) is 115 Å². The fourth-order valence-corrected chi connectivity index (χ4v) is 7.85. The molecule has 0 amide bonds. The minimum absolute atomic E-state index is 0.828. The molecule has 8 aromatic carbocycles. The molecule has 2 aromatic heterocycles. The van der Waals surface area contributed by atoms with Gasteiger partial charge in [-0.3, -0.25) is 0 Å². The Morgan fingerprint density at radius 2 is 0.900 bits per heavy atom. The van der Waals surface area contributed by atoms with Crippen molar-refractivity contribution in [3.63, 3.8) is 0 Å². The molecule has 0 saturated heterocycles. The Kier molecular flexibility index (Phi) is 5.63. The van der Waals surface area contributed by atoms with Crippen LogP contribution in [-0.2, 0) is 0 Å². The summed E-state index contributed by atoms with van der Waals surface area (Å²) in [5.41, 5.74) is 10.9. The molecule has 11 rings (SSSR count). The Hall–Kier alpha value is -6.78. The molecule has 1 aliphatic rings. The molecule has 0 spiro atoms. The van der Waals surface area contributed by atoms with Gasteiger partial charge in [-0.2, -0.15) is 0 Å². The molecule has 10 aromatic rings. The van der Waals surface area contributed by atoms with Crippen LogP contribution in [0.2, 0.25) is 0 Å². The number of nitrogens with zero attached hydrogens (tertiary/aromatic N) is 1. The largest absolute Gasteiger partial charge is 0.456 e. The maximum absolute atomic E-state index is 6.60. The molecule has 0 aliphatic carbocycles. The van der Waals surface area contributed by atoms with Crippen LogP contribution < -0.4 is 9.64 Å². The Morgan fingerprint density at radius 1 is 0.360 bits per heavy atom. The van der Waals surface area contributed by atoms with Crippen molar-refractivity contribution in [2.45, 2.75) is 0 Å². The smallest absolute Gasteiger partial charge is 0.159 e. The molecule has 3 heterocycles. The molecule has 0 saturated carbocycles. The highest BCUT2D eigenvalue weighted by Gasteiger charge is 2.24. The quantitative estimate of drug-likeness (QED) is 0.192. The number of furan rings is 2. The predicted octanol–water partition coefficient (Wildman–Crippen LogP) is 13.5. The summed E-state index contributed by atoms with van der Waals surface area (Å²) < 4.78 is 19.6. The van der Waals surface area contributed by atoms with Crippen molar-refractivity contribution in [3.8, 4) is 33.8 Å². The van der Waals surface area contributed by atoms with Crippen LogP contribution in [0, 0.1) is 0 Å². The fourth-order valence-electron chi connectivity index (χ4n) is 7.85. The SMILES string of the molecule is c1ccc2c(c1)Oc1cccc3c(-c4ccc(N(c5cccc6c5oc5ccccc56)c5cccc6c5oc5ccccc56)cc4)ccc-2c13. The highest BCUT2D eigenvalue weighted by molar-refractivity contribution is 6.14. The Labute approximate surface area is 287 Å². The number of hydrogen-bond donors (Lipinski definition) is 0. The molecule has 0 atom stereocenters. The highest BCUT2D eigenvalue weighted by atomic mass is 16.5. The van der Waals surface area contributed by atoms with Gasteiger partial charge in [0.05, 0.1) is 11.4 Å². The number of benzene rings is 8. The van der Waals surface area contributed by atoms with Crippen molar-refractivity contribution in [1.82, 2.24) is 0 Å². The van der Waals surface area contributed by atoms with Gasteiger partial charge < -0.3 is 18.5 Å². The number of para-hydroxylation sites is 5. The normalized spacial score (nSPS) is 12.2. The summed E-state index contributed by atoms with van der Waals surface area (Å²) in [4.78, 5) is 2.27. The van der Waals surface area contributed by atoms with Gasteiger partial charge in [0.25, 0.3) is 0 Å². The van der Waals surface area contributed by atoms with E-state index in [1.807, 2.05) is 36.4 Å². The fraction of sp³-hybridized carbons (Fsp3) is 0. The van der Waals surface area contributed by atoms with E-state index in [4.69, 9.17) is 13.6 Å². The average Bonchev–Trinajstić information content (AvgIpc) is 3.75. The first kappa shape index (κ1) is 27.2. The van der Waals surface area contributed by atoms with Gasteiger partial charge in [0.15, 0.2) is 11.2 Å². The van der Waals surface area contributed by atoms with Crippen LogP contribution in [0.5, 0.6) is 11.5 Å². The van der Waals surface area contributed by atoms with E-state index in [1.54, 1.807) is 0 Å². The molecule has 234 valence electrons. The summed E-state index contributed by atoms with van der Waals surface area (Å²) in [5, 5.41) is 6.64. The average molecular weight is 642 g/mol. The molecular formula is C46H27NO3. The van der Waals surface area contributed by atoms with Crippen molar-refractivity contribution in [2.75, 3.05) is 4.90 Å². The summed E-state index contributed by atoms with van der Waals surface area (Å²) in [6.07, 6.45) is 0. The molecule has 0 bridgehead atoms. The van der Waals surface area contributed by atoms with Gasteiger partial charge in [-0.05, 0) is 70.6 Å². The zero-order valence-electron chi connectivity index (χ0n) is 26.8. The summed E-state index contributed by atoms with van der Waals surface area (Å²) in [6, 6.07) is 57.0. The minimum Gasteiger partial charge on any atom is -0.456 e. The minimum atomic E-state index is 0.828. The van der Waals surface area contributed by atoms with Gasteiger partial charge in [0.2, 0.25) is 0 Å². The number of ether oxygens (including phenoxy) is 1. The third-order valence-corrected chi connectivity index (χ3v) is 10.1. The monoisotopic (exact) mass is 641 g/mol. The van der Waals surface area contributed by atoms with Crippen LogP contribution >= 0.6 is 0 Å². The van der Waals surface area contributed by atoms with Gasteiger partial charge >= 0.3 is 0 Å². The second-order valence-electron chi connectivity index (χ2n) is 12.8. The van der Waals surface area contributed by atoms with E-state index in [0.717, 1.165) is 99.9 Å². The number of hydrogen-bond acceptors (Lipinski definition) is 4. The Bertz CT molecular complexity index is 2850. The second-order valence-corrected chi connectivity index (χ2v) is 12.8. The van der Waals surface area contributed by atoms with Crippen molar-refractivity contribution in [3.05, 3.63) is 164 Å². The zero-order chi connectivity index (χ0) is 32.8. The van der Waals surface area contributed by atoms with Crippen LogP contribution in [-0.4, -0.2) is 0 Å². The van der Waals surface area contributed by atoms with Gasteiger partial charge in [0.1, 0.15) is 22.7 Å². The molecular weight excluding hydrogens is 615 g/mol. The van der Waals surface area contributed by atoms with E-state index in [1.165, 1.54) is 5.56 Å². The third kappa shape index (κ3) is 3.87. The third-order valence-electron chi connectivity index (χ3n) is 10.1. The van der Waals surface area contributed by atoms with E-state index in [0.29, 0.717) is 0 Å². The lowest BCUT2D eigenvalue weighted by atomic mass is 9.90. The first-order valence-electron chi connectivity index (χ1n) is 16.8. The van der Waals surface area contributed by atoms with Gasteiger partial charge in [-0.15, -0.1) is 0 Å². The lowest BCUT2D eigenvalue weighted by molar-refractivity contribution is 0.487. The second kappa shape index (κ2) is 10.4. The number of anilines is 3. The predicted molar refractivity (Wildman–Crippen MR) is 204 cm³/mol. The van der Waals surface area contributed by atoms with Gasteiger partial charge in [0, 0.05) is 38.2 Å². The van der Waals surface area contributed by atoms with Crippen molar-refractivity contribution in [1.29, 1.82) is 0 Å². The van der Waals surface area contributed by atoms with Crippen LogP contribution in [0.15, 0.2) is 173 Å². The maximum Gasteiger partial charge on any atom is 0.159 e. The first-order chi connectivity index (χ1) is 24.8. The lowest BCUT2D eigenvalue weighted by Gasteiger charge is -2.26. The zero-order valence-corrected chi connectivity index (χ0v) is 26.8. The Balaban J connectivity index is 1.12. The topological polar surface area (TPSA) is 38.8 Å². The summed E-state index contributed by atoms with van der Waals surface area (Å²) in [6.45, 7) is 0. The Morgan fingerprint density at radius 3 is 1.60 bits per heavy atom. The van der Waals surface area contributed by atoms with Gasteiger partial charge in [-0.25, -0.2) is 0 Å². The highest BCUT2D eigenvalue weighted by Crippen LogP contribution is 2.49. The standard InChI is InChI=1S/C46H27NO3/c1-4-18-40-31(10-1)35-27-26-30(34-13-9-21-43(48-40)44(34)35)28-22-24-29(25-23-28)47(38-16-7-14-36-32-11-2-5-19-41(32)49-45(36)38)39-17-8-15-37-33-12-3-6-20-42(33)50-46(37)39/h1-27H. The van der Waals surface area contributed by atoms with Crippen molar-refractivity contribution < 1.29 is 13.6 Å². The van der Waals surface area contributed by atoms with Crippen LogP contribution in [0.1, 0.15) is 0 Å². The lowest BCUT2D eigenvalue weighted by Crippen LogP contribution is -2.10. The van der Waals surface area contributed by atoms with Crippen molar-refractivity contribution in [2.24, 2.45) is 0 Å².